The van der Waals surface area contributed by atoms with Crippen molar-refractivity contribution in [3.8, 4) is 5.88 Å². The molecule has 0 atom stereocenters. The van der Waals surface area contributed by atoms with Crippen molar-refractivity contribution in [2.24, 2.45) is 0 Å². The molecular weight excluding hydrogens is 208 g/mol. The second-order valence-electron chi connectivity index (χ2n) is 3.19. The molecule has 0 saturated heterocycles. The van der Waals surface area contributed by atoms with E-state index in [0.29, 0.717) is 24.6 Å². The molecule has 16 heavy (non-hydrogen) atoms. The first kappa shape index (κ1) is 12.4. The molecule has 0 bridgehead atoms. The zero-order valence-electron chi connectivity index (χ0n) is 9.53. The van der Waals surface area contributed by atoms with E-state index in [4.69, 9.17) is 9.47 Å². The van der Waals surface area contributed by atoms with E-state index >= 15 is 0 Å². The summed E-state index contributed by atoms with van der Waals surface area (Å²) in [5, 5.41) is 2.77. The number of amides is 1. The first-order chi connectivity index (χ1) is 7.77. The lowest BCUT2D eigenvalue weighted by atomic mass is 10.2. The Kier molecular flexibility index (Phi) is 5.28. The fraction of sp³-hybridized carbons (Fsp3) is 0.455. The van der Waals surface area contributed by atoms with Crippen molar-refractivity contribution in [2.45, 2.75) is 6.42 Å². The summed E-state index contributed by atoms with van der Waals surface area (Å²) in [6.45, 7) is 1.24. The summed E-state index contributed by atoms with van der Waals surface area (Å²) in [5.41, 5.74) is 0.526. The van der Waals surface area contributed by atoms with Crippen LogP contribution in [0.1, 0.15) is 16.8 Å². The fourth-order valence-corrected chi connectivity index (χ4v) is 1.16. The van der Waals surface area contributed by atoms with E-state index in [1.165, 1.54) is 13.3 Å². The molecule has 1 N–H and O–H groups in total. The monoisotopic (exact) mass is 224 g/mol. The predicted molar refractivity (Wildman–Crippen MR) is 59.6 cm³/mol. The molecule has 1 heterocycles. The minimum absolute atomic E-state index is 0.133. The SMILES string of the molecule is COCCCNC(=O)c1ccc(OC)nc1. The predicted octanol–water partition coefficient (Wildman–Crippen LogP) is 0.856. The molecule has 0 radical (unpaired) electrons. The van der Waals surface area contributed by atoms with E-state index in [0.717, 1.165) is 6.42 Å². The first-order valence-corrected chi connectivity index (χ1v) is 5.05. The molecule has 0 aliphatic heterocycles. The third-order valence-electron chi connectivity index (χ3n) is 2.02. The largest absolute Gasteiger partial charge is 0.481 e. The Morgan fingerprint density at radius 3 is 2.81 bits per heavy atom. The van der Waals surface area contributed by atoms with Crippen molar-refractivity contribution in [3.63, 3.8) is 0 Å². The van der Waals surface area contributed by atoms with Gasteiger partial charge < -0.3 is 14.8 Å². The van der Waals surface area contributed by atoms with Crippen molar-refractivity contribution in [3.05, 3.63) is 23.9 Å². The molecule has 0 unspecified atom stereocenters. The van der Waals surface area contributed by atoms with Crippen LogP contribution in [-0.4, -0.2) is 38.3 Å². The molecule has 1 aromatic heterocycles. The Balaban J connectivity index is 2.40. The van der Waals surface area contributed by atoms with Gasteiger partial charge in [0.05, 0.1) is 12.7 Å². The van der Waals surface area contributed by atoms with Crippen molar-refractivity contribution in [1.82, 2.24) is 10.3 Å². The number of methoxy groups -OCH3 is 2. The average molecular weight is 224 g/mol. The third kappa shape index (κ3) is 3.86. The number of ether oxygens (including phenoxy) is 2. The molecule has 0 aliphatic carbocycles. The summed E-state index contributed by atoms with van der Waals surface area (Å²) in [7, 11) is 3.17. The van der Waals surface area contributed by atoms with Gasteiger partial charge in [0, 0.05) is 32.5 Å². The van der Waals surface area contributed by atoms with Gasteiger partial charge in [-0.15, -0.1) is 0 Å². The Hall–Kier alpha value is -1.62. The summed E-state index contributed by atoms with van der Waals surface area (Å²) in [4.78, 5) is 15.5. The Morgan fingerprint density at radius 1 is 1.44 bits per heavy atom. The number of nitrogens with one attached hydrogen (secondary N) is 1. The Morgan fingerprint density at radius 2 is 2.25 bits per heavy atom. The highest BCUT2D eigenvalue weighted by Gasteiger charge is 2.04. The number of hydrogen-bond donors (Lipinski definition) is 1. The molecule has 0 spiro atoms. The lowest BCUT2D eigenvalue weighted by Crippen LogP contribution is -2.25. The van der Waals surface area contributed by atoms with Crippen molar-refractivity contribution >= 4 is 5.91 Å². The number of rotatable bonds is 6. The van der Waals surface area contributed by atoms with E-state index in [-0.39, 0.29) is 5.91 Å². The van der Waals surface area contributed by atoms with Crippen LogP contribution in [0.5, 0.6) is 5.88 Å². The molecule has 0 aromatic carbocycles. The van der Waals surface area contributed by atoms with Gasteiger partial charge in [0.1, 0.15) is 0 Å². The van der Waals surface area contributed by atoms with E-state index in [1.54, 1.807) is 19.2 Å². The minimum Gasteiger partial charge on any atom is -0.481 e. The van der Waals surface area contributed by atoms with Crippen LogP contribution in [0.15, 0.2) is 18.3 Å². The van der Waals surface area contributed by atoms with E-state index in [2.05, 4.69) is 10.3 Å². The fourth-order valence-electron chi connectivity index (χ4n) is 1.16. The maximum absolute atomic E-state index is 11.6. The van der Waals surface area contributed by atoms with Crippen LogP contribution in [0.4, 0.5) is 0 Å². The highest BCUT2D eigenvalue weighted by atomic mass is 16.5. The number of carbonyl (C=O) groups excluding carboxylic acids is 1. The van der Waals surface area contributed by atoms with Gasteiger partial charge in [-0.05, 0) is 12.5 Å². The number of nitrogens with zero attached hydrogens (tertiary/aromatic N) is 1. The van der Waals surface area contributed by atoms with Gasteiger partial charge in [0.15, 0.2) is 0 Å². The lowest BCUT2D eigenvalue weighted by molar-refractivity contribution is 0.0948. The number of pyridine rings is 1. The van der Waals surface area contributed by atoms with Crippen LogP contribution in [0.3, 0.4) is 0 Å². The highest BCUT2D eigenvalue weighted by Crippen LogP contribution is 2.06. The first-order valence-electron chi connectivity index (χ1n) is 5.05. The summed E-state index contributed by atoms with van der Waals surface area (Å²) < 4.78 is 9.78. The zero-order valence-corrected chi connectivity index (χ0v) is 9.53. The van der Waals surface area contributed by atoms with Crippen LogP contribution < -0.4 is 10.1 Å². The average Bonchev–Trinajstić information content (AvgIpc) is 2.34. The quantitative estimate of drug-likeness (QED) is 0.728. The standard InChI is InChI=1S/C11H16N2O3/c1-15-7-3-6-12-11(14)9-4-5-10(16-2)13-8-9/h4-5,8H,3,6-7H2,1-2H3,(H,12,14). The number of carbonyl (C=O) groups is 1. The van der Waals surface area contributed by atoms with Crippen LogP contribution in [0, 0.1) is 0 Å². The van der Waals surface area contributed by atoms with E-state index in [9.17, 15) is 4.79 Å². The second-order valence-corrected chi connectivity index (χ2v) is 3.19. The third-order valence-corrected chi connectivity index (χ3v) is 2.02. The van der Waals surface area contributed by atoms with E-state index < -0.39 is 0 Å². The summed E-state index contributed by atoms with van der Waals surface area (Å²) in [6, 6.07) is 3.33. The van der Waals surface area contributed by atoms with E-state index in [1.807, 2.05) is 0 Å². The van der Waals surface area contributed by atoms with Gasteiger partial charge in [-0.3, -0.25) is 4.79 Å². The Labute approximate surface area is 94.8 Å². The molecule has 0 aliphatic rings. The molecule has 0 saturated carbocycles. The molecule has 1 amide bonds. The summed E-state index contributed by atoms with van der Waals surface area (Å²) in [6.07, 6.45) is 2.29. The molecule has 0 fully saturated rings. The maximum atomic E-state index is 11.6. The minimum atomic E-state index is -0.133. The molecule has 5 nitrogen and oxygen atoms in total. The summed E-state index contributed by atoms with van der Waals surface area (Å²) >= 11 is 0. The lowest BCUT2D eigenvalue weighted by Gasteiger charge is -2.05. The number of hydrogen-bond acceptors (Lipinski definition) is 4. The molecule has 5 heteroatoms. The van der Waals surface area contributed by atoms with Gasteiger partial charge in [-0.2, -0.15) is 0 Å². The topological polar surface area (TPSA) is 60.5 Å². The van der Waals surface area contributed by atoms with Crippen molar-refractivity contribution < 1.29 is 14.3 Å². The molecule has 1 aromatic rings. The second kappa shape index (κ2) is 6.79. The van der Waals surface area contributed by atoms with Crippen LogP contribution in [0.2, 0.25) is 0 Å². The van der Waals surface area contributed by atoms with Crippen LogP contribution >= 0.6 is 0 Å². The normalized spacial score (nSPS) is 9.88. The van der Waals surface area contributed by atoms with Crippen molar-refractivity contribution in [1.29, 1.82) is 0 Å². The van der Waals surface area contributed by atoms with Gasteiger partial charge in [0.2, 0.25) is 5.88 Å². The molecule has 1 rings (SSSR count). The smallest absolute Gasteiger partial charge is 0.252 e. The number of aromatic nitrogens is 1. The van der Waals surface area contributed by atoms with Gasteiger partial charge in [-0.1, -0.05) is 0 Å². The van der Waals surface area contributed by atoms with Crippen LogP contribution in [-0.2, 0) is 4.74 Å². The molecule has 88 valence electrons. The van der Waals surface area contributed by atoms with Gasteiger partial charge in [-0.25, -0.2) is 4.98 Å². The highest BCUT2D eigenvalue weighted by molar-refractivity contribution is 5.93. The molecular formula is C11H16N2O3. The Bertz CT molecular complexity index is 325. The zero-order chi connectivity index (χ0) is 11.8. The van der Waals surface area contributed by atoms with Gasteiger partial charge in [0.25, 0.3) is 5.91 Å². The van der Waals surface area contributed by atoms with Crippen molar-refractivity contribution in [2.75, 3.05) is 27.4 Å². The van der Waals surface area contributed by atoms with Gasteiger partial charge >= 0.3 is 0 Å². The van der Waals surface area contributed by atoms with Crippen LogP contribution in [0.25, 0.3) is 0 Å². The summed E-state index contributed by atoms with van der Waals surface area (Å²) in [5.74, 6) is 0.363. The maximum Gasteiger partial charge on any atom is 0.252 e.